The molecule has 10 aromatic rings. The lowest BCUT2D eigenvalue weighted by Gasteiger charge is -2.44. The Morgan fingerprint density at radius 3 is 2.29 bits per heavy atom. The predicted molar refractivity (Wildman–Crippen MR) is 238 cm³/mol. The van der Waals surface area contributed by atoms with Gasteiger partial charge in [-0.2, -0.15) is 0 Å². The van der Waals surface area contributed by atoms with Gasteiger partial charge in [0, 0.05) is 65.2 Å². The van der Waals surface area contributed by atoms with Gasteiger partial charge in [0.2, 0.25) is 5.95 Å². The zero-order chi connectivity index (χ0) is 37.6. The third-order valence-electron chi connectivity index (χ3n) is 13.1. The van der Waals surface area contributed by atoms with Crippen LogP contribution < -0.4 is 0 Å². The summed E-state index contributed by atoms with van der Waals surface area (Å²) in [6, 6.07) is 42.4. The highest BCUT2D eigenvalue weighted by atomic mass is 32.1. The van der Waals surface area contributed by atoms with Crippen molar-refractivity contribution in [2.45, 2.75) is 52.5 Å². The van der Waals surface area contributed by atoms with Gasteiger partial charge in [0.05, 0.1) is 38.8 Å². The average Bonchev–Trinajstić information content (AvgIpc) is 3.89. The van der Waals surface area contributed by atoms with Crippen molar-refractivity contribution in [1.29, 1.82) is 0 Å². The second-order valence-electron chi connectivity index (χ2n) is 15.9. The Morgan fingerprint density at radius 1 is 0.679 bits per heavy atom. The molecule has 1 aliphatic heterocycles. The van der Waals surface area contributed by atoms with Gasteiger partial charge in [-0.05, 0) is 65.8 Å². The van der Waals surface area contributed by atoms with Crippen LogP contribution in [-0.2, 0) is 12.0 Å². The highest BCUT2D eigenvalue weighted by molar-refractivity contribution is 7.19. The number of fused-ring (bicyclic) bond motifs is 5. The van der Waals surface area contributed by atoms with Gasteiger partial charge in [0.15, 0.2) is 0 Å². The Bertz CT molecular complexity index is 3410. The predicted octanol–water partition coefficient (Wildman–Crippen LogP) is 13.8. The molecule has 4 nitrogen and oxygen atoms in total. The third-order valence-corrected chi connectivity index (χ3v) is 14.3. The van der Waals surface area contributed by atoms with E-state index in [4.69, 9.17) is 9.97 Å². The molecule has 3 unspecified atom stereocenters. The summed E-state index contributed by atoms with van der Waals surface area (Å²) in [5, 5.41) is 10.2. The van der Waals surface area contributed by atoms with Crippen molar-refractivity contribution < 1.29 is 0 Å². The second-order valence-corrected chi connectivity index (χ2v) is 17.0. The lowest BCUT2D eigenvalue weighted by molar-refractivity contribution is 0.451. The minimum atomic E-state index is -0.333. The molecule has 0 saturated carbocycles. The summed E-state index contributed by atoms with van der Waals surface area (Å²) in [5.74, 6) is 1.36. The van der Waals surface area contributed by atoms with Crippen LogP contribution in [0, 0.1) is 5.92 Å². The standard InChI is InChI=1S/C49H34N4S.C2H6/c1-26-21-22-49(3)46-27(2)42-41(25-32(26)46)54-40-20-18-28-17-19-37-44(43(28)45(40)42)34-24-39-33(30-13-8-10-16-36(30)53(39)49)23-38(34)52(37)48-50-35-15-9-7-14-31(35)47(51-48)29-11-5-4-6-12-29;1-2/h4-24,26-27H,25H2,1-3H3;1-2H3. The molecule has 0 N–H and O–H groups in total. The Labute approximate surface area is 329 Å². The summed E-state index contributed by atoms with van der Waals surface area (Å²) >= 11 is 2.01. The molecule has 56 heavy (non-hydrogen) atoms. The summed E-state index contributed by atoms with van der Waals surface area (Å²) in [4.78, 5) is 12.4. The monoisotopic (exact) mass is 740 g/mol. The van der Waals surface area contributed by atoms with Crippen LogP contribution in [-0.4, -0.2) is 19.1 Å². The molecule has 0 fully saturated rings. The minimum Gasteiger partial charge on any atom is -0.327 e. The van der Waals surface area contributed by atoms with Crippen molar-refractivity contribution in [2.24, 2.45) is 5.92 Å². The number of para-hydroxylation sites is 2. The summed E-state index contributed by atoms with van der Waals surface area (Å²) in [6.07, 6.45) is 6.01. The molecule has 3 aliphatic rings. The van der Waals surface area contributed by atoms with Gasteiger partial charge in [0.25, 0.3) is 0 Å². The zero-order valence-electron chi connectivity index (χ0n) is 32.2. The van der Waals surface area contributed by atoms with Crippen molar-refractivity contribution in [3.05, 3.63) is 149 Å². The van der Waals surface area contributed by atoms with Gasteiger partial charge in [-0.1, -0.05) is 124 Å². The number of hydrogen-bond donors (Lipinski definition) is 0. The van der Waals surface area contributed by atoms with Crippen molar-refractivity contribution in [1.82, 2.24) is 19.1 Å². The number of aromatic nitrogens is 4. The van der Waals surface area contributed by atoms with Crippen LogP contribution in [0.1, 0.15) is 51.0 Å². The molecule has 0 spiro atoms. The molecule has 4 aromatic heterocycles. The van der Waals surface area contributed by atoms with Crippen molar-refractivity contribution >= 4 is 86.7 Å². The lowest BCUT2D eigenvalue weighted by Crippen LogP contribution is -2.38. The number of hydrogen-bond acceptors (Lipinski definition) is 3. The molecule has 5 heterocycles. The second kappa shape index (κ2) is 11.3. The van der Waals surface area contributed by atoms with Crippen LogP contribution in [0.15, 0.2) is 139 Å². The van der Waals surface area contributed by atoms with Gasteiger partial charge >= 0.3 is 0 Å². The normalized spacial score (nSPS) is 19.7. The zero-order valence-corrected chi connectivity index (χ0v) is 33.0. The Hall–Kier alpha value is -6.04. The molecule has 0 radical (unpaired) electrons. The first-order chi connectivity index (χ1) is 27.5. The Morgan fingerprint density at radius 2 is 1.43 bits per heavy atom. The van der Waals surface area contributed by atoms with Crippen molar-refractivity contribution in [3.8, 4) is 17.2 Å². The molecule has 270 valence electrons. The quantitative estimate of drug-likeness (QED) is 0.165. The van der Waals surface area contributed by atoms with Crippen LogP contribution >= 0.6 is 11.3 Å². The summed E-state index contributed by atoms with van der Waals surface area (Å²) in [7, 11) is 0. The van der Waals surface area contributed by atoms with Gasteiger partial charge < -0.3 is 4.57 Å². The molecule has 13 rings (SSSR count). The minimum absolute atomic E-state index is 0.262. The first-order valence-corrected chi connectivity index (χ1v) is 20.9. The molecule has 6 aromatic carbocycles. The van der Waals surface area contributed by atoms with Crippen molar-refractivity contribution in [2.75, 3.05) is 0 Å². The summed E-state index contributed by atoms with van der Waals surface area (Å²) in [6.45, 7) is 11.4. The van der Waals surface area contributed by atoms with E-state index in [1.807, 2.05) is 25.2 Å². The maximum atomic E-state index is 5.48. The number of nitrogens with zero attached hydrogens (tertiary/aromatic N) is 4. The van der Waals surface area contributed by atoms with E-state index in [1.54, 1.807) is 11.1 Å². The van der Waals surface area contributed by atoms with Gasteiger partial charge in [0.1, 0.15) is 0 Å². The fourth-order valence-corrected chi connectivity index (χ4v) is 12.3. The van der Waals surface area contributed by atoms with E-state index in [0.29, 0.717) is 11.9 Å². The van der Waals surface area contributed by atoms with Crippen LogP contribution in [0.3, 0.4) is 0 Å². The molecule has 0 saturated heterocycles. The summed E-state index contributed by atoms with van der Waals surface area (Å²) in [5.41, 5.74) is 12.2. The fraction of sp³-hybridized carbons (Fsp3) is 0.176. The number of allylic oxidation sites excluding steroid dienone is 4. The largest absolute Gasteiger partial charge is 0.327 e. The first kappa shape index (κ1) is 32.2. The molecule has 5 heteroatoms. The lowest BCUT2D eigenvalue weighted by atomic mass is 9.67. The van der Waals surface area contributed by atoms with E-state index < -0.39 is 0 Å². The van der Waals surface area contributed by atoms with Gasteiger partial charge in [-0.3, -0.25) is 4.57 Å². The number of rotatable bonds is 2. The SMILES string of the molecule is CC.CC1C=CC2(C)C3=C1Cc1sc4ccc5ccc6c(c7cc8c(cc7n6-c6nc(-c7ccccc7)c7ccccc7n6)c6ccccc6n82)c5c4c1C3C. The Balaban J connectivity index is 0.00000170. The van der Waals surface area contributed by atoms with Crippen LogP contribution in [0.25, 0.3) is 92.6 Å². The average molecular weight is 741 g/mol. The molecular weight excluding hydrogens is 701 g/mol. The highest BCUT2D eigenvalue weighted by Crippen LogP contribution is 2.57. The smallest absolute Gasteiger partial charge is 0.235 e. The molecule has 0 amide bonds. The summed E-state index contributed by atoms with van der Waals surface area (Å²) < 4.78 is 6.42. The van der Waals surface area contributed by atoms with Crippen LogP contribution in [0.5, 0.6) is 0 Å². The molecular formula is C51H40N4S. The number of benzene rings is 6. The first-order valence-electron chi connectivity index (χ1n) is 20.1. The van der Waals surface area contributed by atoms with Crippen LogP contribution in [0.4, 0.5) is 0 Å². The molecule has 3 atom stereocenters. The molecule has 4 bridgehead atoms. The topological polar surface area (TPSA) is 35.6 Å². The van der Waals surface area contributed by atoms with E-state index in [1.165, 1.54) is 63.9 Å². The van der Waals surface area contributed by atoms with E-state index in [9.17, 15) is 0 Å². The van der Waals surface area contributed by atoms with E-state index in [-0.39, 0.29) is 11.5 Å². The highest BCUT2D eigenvalue weighted by Gasteiger charge is 2.44. The van der Waals surface area contributed by atoms with E-state index in [2.05, 4.69) is 157 Å². The third kappa shape index (κ3) is 3.93. The van der Waals surface area contributed by atoms with Gasteiger partial charge in [-0.15, -0.1) is 11.3 Å². The van der Waals surface area contributed by atoms with Crippen LogP contribution in [0.2, 0.25) is 0 Å². The maximum Gasteiger partial charge on any atom is 0.235 e. The Kier molecular flexibility index (Phi) is 6.49. The van der Waals surface area contributed by atoms with E-state index >= 15 is 0 Å². The molecule has 2 aliphatic carbocycles. The number of thiophene rings is 1. The van der Waals surface area contributed by atoms with E-state index in [0.717, 1.165) is 39.6 Å². The maximum absolute atomic E-state index is 5.48. The fourth-order valence-electron chi connectivity index (χ4n) is 10.9. The van der Waals surface area contributed by atoms with Gasteiger partial charge in [-0.25, -0.2) is 9.97 Å². The van der Waals surface area contributed by atoms with Crippen molar-refractivity contribution in [3.63, 3.8) is 0 Å².